The largest absolute Gasteiger partial charge is 0.384 e. The average molecular weight is 289 g/mol. The molecular formula is C15H23N5O. The van der Waals surface area contributed by atoms with Crippen LogP contribution in [0.25, 0.3) is 5.69 Å². The summed E-state index contributed by atoms with van der Waals surface area (Å²) in [6.45, 7) is 7.65. The lowest BCUT2D eigenvalue weighted by molar-refractivity contribution is 0.202. The number of aromatic nitrogens is 4. The number of nitrogens with one attached hydrogen (secondary N) is 1. The number of ether oxygens (including phenoxy) is 1. The molecule has 0 saturated carbocycles. The van der Waals surface area contributed by atoms with Crippen molar-refractivity contribution < 1.29 is 4.74 Å². The molecule has 0 saturated heterocycles. The van der Waals surface area contributed by atoms with Crippen molar-refractivity contribution in [3.05, 3.63) is 35.7 Å². The first-order valence-corrected chi connectivity index (χ1v) is 7.11. The Kier molecular flexibility index (Phi) is 5.03. The van der Waals surface area contributed by atoms with Gasteiger partial charge in [0.15, 0.2) is 5.82 Å². The van der Waals surface area contributed by atoms with Gasteiger partial charge >= 0.3 is 0 Å². The quantitative estimate of drug-likeness (QED) is 0.877. The van der Waals surface area contributed by atoms with E-state index in [1.807, 2.05) is 18.2 Å². The predicted molar refractivity (Wildman–Crippen MR) is 81.3 cm³/mol. The molecule has 0 aliphatic heterocycles. The van der Waals surface area contributed by atoms with Crippen LogP contribution in [0.3, 0.4) is 0 Å². The molecule has 0 amide bonds. The molecule has 6 heteroatoms. The number of tetrazole rings is 1. The summed E-state index contributed by atoms with van der Waals surface area (Å²) in [5.74, 6) is 0.801. The summed E-state index contributed by atoms with van der Waals surface area (Å²) in [6.07, 6.45) is 0.832. The van der Waals surface area contributed by atoms with Gasteiger partial charge in [-0.05, 0) is 49.2 Å². The molecule has 2 aromatic rings. The maximum absolute atomic E-state index is 5.17. The molecule has 0 atom stereocenters. The van der Waals surface area contributed by atoms with Crippen LogP contribution in [-0.2, 0) is 17.7 Å². The zero-order valence-electron chi connectivity index (χ0n) is 13.1. The number of nitrogens with zero attached hydrogens (tertiary/aromatic N) is 4. The monoisotopic (exact) mass is 289 g/mol. The van der Waals surface area contributed by atoms with Crippen LogP contribution in [0.15, 0.2) is 24.3 Å². The van der Waals surface area contributed by atoms with E-state index in [0.717, 1.165) is 17.9 Å². The summed E-state index contributed by atoms with van der Waals surface area (Å²) in [7, 11) is 1.71. The lowest BCUT2D eigenvalue weighted by atomic mass is 10.1. The molecule has 0 bridgehead atoms. The minimum Gasteiger partial charge on any atom is -0.384 e. The fourth-order valence-corrected chi connectivity index (χ4v) is 1.99. The van der Waals surface area contributed by atoms with Crippen molar-refractivity contribution in [2.24, 2.45) is 0 Å². The third-order valence-corrected chi connectivity index (χ3v) is 3.11. The Balaban J connectivity index is 2.24. The van der Waals surface area contributed by atoms with E-state index >= 15 is 0 Å². The summed E-state index contributed by atoms with van der Waals surface area (Å²) in [5.41, 5.74) is 2.20. The molecular weight excluding hydrogens is 266 g/mol. The van der Waals surface area contributed by atoms with Gasteiger partial charge in [-0.15, -0.1) is 5.10 Å². The first-order chi connectivity index (χ1) is 10.0. The number of hydrogen-bond donors (Lipinski definition) is 1. The predicted octanol–water partition coefficient (Wildman–Crippen LogP) is 1.74. The lowest BCUT2D eigenvalue weighted by Crippen LogP contribution is -2.36. The van der Waals surface area contributed by atoms with Crippen molar-refractivity contribution in [1.29, 1.82) is 0 Å². The van der Waals surface area contributed by atoms with Crippen molar-refractivity contribution in [3.63, 3.8) is 0 Å². The van der Waals surface area contributed by atoms with Gasteiger partial charge in [-0.1, -0.05) is 18.2 Å². The Morgan fingerprint density at radius 3 is 2.71 bits per heavy atom. The van der Waals surface area contributed by atoms with Gasteiger partial charge in [0.25, 0.3) is 0 Å². The topological polar surface area (TPSA) is 64.9 Å². The van der Waals surface area contributed by atoms with Gasteiger partial charge in [0, 0.05) is 12.6 Å². The molecule has 1 aromatic heterocycles. The minimum absolute atomic E-state index is 0.0202. The number of rotatable bonds is 6. The van der Waals surface area contributed by atoms with Crippen molar-refractivity contribution in [1.82, 2.24) is 25.5 Å². The normalized spacial score (nSPS) is 11.8. The van der Waals surface area contributed by atoms with E-state index in [0.29, 0.717) is 13.2 Å². The maximum Gasteiger partial charge on any atom is 0.170 e. The minimum atomic E-state index is 0.0202. The Bertz CT molecular complexity index is 573. The Labute approximate surface area is 125 Å². The molecule has 114 valence electrons. The van der Waals surface area contributed by atoms with Crippen LogP contribution >= 0.6 is 0 Å². The van der Waals surface area contributed by atoms with Crippen molar-refractivity contribution in [2.75, 3.05) is 13.7 Å². The highest BCUT2D eigenvalue weighted by molar-refractivity contribution is 5.40. The number of methoxy groups -OCH3 is 1. The van der Waals surface area contributed by atoms with Crippen LogP contribution in [0.1, 0.15) is 32.2 Å². The molecule has 0 radical (unpaired) electrons. The van der Waals surface area contributed by atoms with Crippen molar-refractivity contribution >= 4 is 0 Å². The van der Waals surface area contributed by atoms with Crippen LogP contribution in [0.4, 0.5) is 0 Å². The van der Waals surface area contributed by atoms with Gasteiger partial charge in [0.2, 0.25) is 0 Å². The van der Waals surface area contributed by atoms with Crippen LogP contribution in [0, 0.1) is 0 Å². The van der Waals surface area contributed by atoms with Gasteiger partial charge in [-0.25, -0.2) is 0 Å². The first kappa shape index (κ1) is 15.6. The number of hydrogen-bond acceptors (Lipinski definition) is 5. The fraction of sp³-hybridized carbons (Fsp3) is 0.533. The smallest absolute Gasteiger partial charge is 0.170 e. The molecule has 1 aromatic carbocycles. The lowest BCUT2D eigenvalue weighted by Gasteiger charge is -2.20. The molecule has 1 N–H and O–H groups in total. The van der Waals surface area contributed by atoms with Crippen LogP contribution in [0.2, 0.25) is 0 Å². The molecule has 0 aliphatic rings. The van der Waals surface area contributed by atoms with E-state index in [-0.39, 0.29) is 5.54 Å². The zero-order valence-corrected chi connectivity index (χ0v) is 13.1. The second-order valence-corrected chi connectivity index (χ2v) is 5.98. The van der Waals surface area contributed by atoms with Gasteiger partial charge in [-0.2, -0.15) is 4.68 Å². The summed E-state index contributed by atoms with van der Waals surface area (Å²) >= 11 is 0. The highest BCUT2D eigenvalue weighted by atomic mass is 16.5. The van der Waals surface area contributed by atoms with Crippen molar-refractivity contribution in [3.8, 4) is 5.69 Å². The zero-order chi connectivity index (χ0) is 15.3. The van der Waals surface area contributed by atoms with Crippen LogP contribution < -0.4 is 5.32 Å². The molecule has 0 aliphatic carbocycles. The van der Waals surface area contributed by atoms with Gasteiger partial charge in [-0.3, -0.25) is 0 Å². The number of para-hydroxylation sites is 1. The molecule has 2 rings (SSSR count). The molecule has 0 spiro atoms. The second kappa shape index (κ2) is 6.78. The van der Waals surface area contributed by atoms with Crippen LogP contribution in [0.5, 0.6) is 0 Å². The Morgan fingerprint density at radius 2 is 2.00 bits per heavy atom. The summed E-state index contributed by atoms with van der Waals surface area (Å²) in [5, 5.41) is 15.5. The van der Waals surface area contributed by atoms with Gasteiger partial charge < -0.3 is 10.1 Å². The van der Waals surface area contributed by atoms with E-state index in [9.17, 15) is 0 Å². The Morgan fingerprint density at radius 1 is 1.24 bits per heavy atom. The fourth-order valence-electron chi connectivity index (χ4n) is 1.99. The average Bonchev–Trinajstić information content (AvgIpc) is 2.91. The first-order valence-electron chi connectivity index (χ1n) is 7.11. The highest BCUT2D eigenvalue weighted by Gasteiger charge is 2.15. The molecule has 21 heavy (non-hydrogen) atoms. The summed E-state index contributed by atoms with van der Waals surface area (Å²) in [4.78, 5) is 0. The maximum atomic E-state index is 5.17. The number of benzene rings is 1. The SMILES string of the molecule is COCCc1ccccc1-n1nnnc1CNC(C)(C)C. The van der Waals surface area contributed by atoms with E-state index in [4.69, 9.17) is 4.74 Å². The molecule has 6 nitrogen and oxygen atoms in total. The van der Waals surface area contributed by atoms with E-state index < -0.39 is 0 Å². The third kappa shape index (κ3) is 4.34. The third-order valence-electron chi connectivity index (χ3n) is 3.11. The Hall–Kier alpha value is -1.79. The van der Waals surface area contributed by atoms with Crippen molar-refractivity contribution in [2.45, 2.75) is 39.3 Å². The van der Waals surface area contributed by atoms with E-state index in [2.05, 4.69) is 47.7 Å². The van der Waals surface area contributed by atoms with Crippen LogP contribution in [-0.4, -0.2) is 39.5 Å². The molecule has 1 heterocycles. The van der Waals surface area contributed by atoms with Gasteiger partial charge in [0.1, 0.15) is 0 Å². The standard InChI is InChI=1S/C15H23N5O/c1-15(2,3)16-11-14-17-18-19-20(14)13-8-6-5-7-12(13)9-10-21-4/h5-8,16H,9-11H2,1-4H3. The second-order valence-electron chi connectivity index (χ2n) is 5.98. The van der Waals surface area contributed by atoms with Gasteiger partial charge in [0.05, 0.1) is 18.8 Å². The highest BCUT2D eigenvalue weighted by Crippen LogP contribution is 2.15. The summed E-state index contributed by atoms with van der Waals surface area (Å²) < 4.78 is 6.96. The molecule has 0 unspecified atom stereocenters. The summed E-state index contributed by atoms with van der Waals surface area (Å²) in [6, 6.07) is 8.12. The van der Waals surface area contributed by atoms with E-state index in [1.165, 1.54) is 5.56 Å². The van der Waals surface area contributed by atoms with E-state index in [1.54, 1.807) is 11.8 Å². The molecule has 0 fully saturated rings.